The molecule has 0 spiro atoms. The second-order valence-electron chi connectivity index (χ2n) is 5.17. The number of benzene rings is 1. The number of guanidine groups is 1. The first kappa shape index (κ1) is 15.1. The van der Waals surface area contributed by atoms with Crippen molar-refractivity contribution in [1.29, 1.82) is 0 Å². The summed E-state index contributed by atoms with van der Waals surface area (Å²) in [7, 11) is 1.63. The first-order chi connectivity index (χ1) is 8.90. The quantitative estimate of drug-likeness (QED) is 0.484. The minimum absolute atomic E-state index is 0.0821. The van der Waals surface area contributed by atoms with Crippen molar-refractivity contribution >= 4 is 5.96 Å². The van der Waals surface area contributed by atoms with Gasteiger partial charge in [0.1, 0.15) is 18.1 Å². The standard InChI is InChI=1S/C14H23N3O2/c1-14(2,3)17-13(15)16-8-9-19-12-7-5-6-11(10-12)18-4/h5-7,10H,8-9H2,1-4H3,(H3,15,16,17). The number of hydrogen-bond acceptors (Lipinski definition) is 3. The van der Waals surface area contributed by atoms with E-state index >= 15 is 0 Å². The Bertz CT molecular complexity index is 425. The van der Waals surface area contributed by atoms with E-state index in [4.69, 9.17) is 15.2 Å². The lowest BCUT2D eigenvalue weighted by molar-refractivity contribution is 0.325. The first-order valence-electron chi connectivity index (χ1n) is 6.26. The van der Waals surface area contributed by atoms with Crippen molar-refractivity contribution in [3.8, 4) is 11.5 Å². The van der Waals surface area contributed by atoms with E-state index in [1.807, 2.05) is 45.0 Å². The molecule has 1 aromatic carbocycles. The number of aliphatic imine (C=N–C) groups is 1. The van der Waals surface area contributed by atoms with Crippen LogP contribution in [0.4, 0.5) is 0 Å². The van der Waals surface area contributed by atoms with E-state index in [1.165, 1.54) is 0 Å². The molecule has 0 saturated heterocycles. The Labute approximate surface area is 114 Å². The van der Waals surface area contributed by atoms with Gasteiger partial charge in [-0.15, -0.1) is 0 Å². The normalized spacial score (nSPS) is 12.1. The van der Waals surface area contributed by atoms with Crippen molar-refractivity contribution in [3.05, 3.63) is 24.3 Å². The fourth-order valence-corrected chi connectivity index (χ4v) is 1.44. The third kappa shape index (κ3) is 6.55. The molecule has 0 aliphatic carbocycles. The predicted molar refractivity (Wildman–Crippen MR) is 77.9 cm³/mol. The van der Waals surface area contributed by atoms with Crippen LogP contribution in [0.15, 0.2) is 29.3 Å². The van der Waals surface area contributed by atoms with Gasteiger partial charge in [0, 0.05) is 11.6 Å². The van der Waals surface area contributed by atoms with Crippen molar-refractivity contribution in [3.63, 3.8) is 0 Å². The zero-order chi connectivity index (χ0) is 14.3. The number of rotatable bonds is 5. The molecule has 3 N–H and O–H groups in total. The van der Waals surface area contributed by atoms with Gasteiger partial charge in [-0.05, 0) is 32.9 Å². The molecule has 106 valence electrons. The minimum Gasteiger partial charge on any atom is -0.497 e. The maximum absolute atomic E-state index is 5.75. The third-order valence-electron chi connectivity index (χ3n) is 2.19. The molecule has 19 heavy (non-hydrogen) atoms. The monoisotopic (exact) mass is 265 g/mol. The number of hydrogen-bond donors (Lipinski definition) is 2. The van der Waals surface area contributed by atoms with Crippen molar-refractivity contribution in [2.75, 3.05) is 20.3 Å². The van der Waals surface area contributed by atoms with Crippen LogP contribution in [0.1, 0.15) is 20.8 Å². The van der Waals surface area contributed by atoms with Crippen LogP contribution in [0.3, 0.4) is 0 Å². The zero-order valence-corrected chi connectivity index (χ0v) is 12.1. The molecule has 0 saturated carbocycles. The Hall–Kier alpha value is -1.91. The topological polar surface area (TPSA) is 68.9 Å². The van der Waals surface area contributed by atoms with E-state index in [-0.39, 0.29) is 5.54 Å². The van der Waals surface area contributed by atoms with E-state index in [2.05, 4.69) is 10.3 Å². The van der Waals surface area contributed by atoms with Crippen LogP contribution < -0.4 is 20.5 Å². The number of nitrogens with zero attached hydrogens (tertiary/aromatic N) is 1. The van der Waals surface area contributed by atoms with Crippen molar-refractivity contribution < 1.29 is 9.47 Å². The molecule has 1 aromatic rings. The summed E-state index contributed by atoms with van der Waals surface area (Å²) in [4.78, 5) is 4.19. The number of nitrogens with one attached hydrogen (secondary N) is 1. The van der Waals surface area contributed by atoms with Gasteiger partial charge in [-0.2, -0.15) is 0 Å². The third-order valence-corrected chi connectivity index (χ3v) is 2.19. The van der Waals surface area contributed by atoms with Crippen LogP contribution in [0, 0.1) is 0 Å². The molecule has 0 unspecified atom stereocenters. The summed E-state index contributed by atoms with van der Waals surface area (Å²) in [6.07, 6.45) is 0. The van der Waals surface area contributed by atoms with Crippen LogP contribution in [0.2, 0.25) is 0 Å². The smallest absolute Gasteiger partial charge is 0.189 e. The molecule has 1 rings (SSSR count). The molecule has 0 heterocycles. The van der Waals surface area contributed by atoms with Crippen molar-refractivity contribution in [2.45, 2.75) is 26.3 Å². The van der Waals surface area contributed by atoms with E-state index in [0.717, 1.165) is 11.5 Å². The van der Waals surface area contributed by atoms with E-state index in [0.29, 0.717) is 19.1 Å². The SMILES string of the molecule is COc1cccc(OCCN=C(N)NC(C)(C)C)c1. The highest BCUT2D eigenvalue weighted by Crippen LogP contribution is 2.18. The Morgan fingerprint density at radius 1 is 1.32 bits per heavy atom. The van der Waals surface area contributed by atoms with Crippen LogP contribution in [0.5, 0.6) is 11.5 Å². The van der Waals surface area contributed by atoms with Crippen LogP contribution in [0.25, 0.3) is 0 Å². The van der Waals surface area contributed by atoms with Gasteiger partial charge in [0.15, 0.2) is 5.96 Å². The van der Waals surface area contributed by atoms with Gasteiger partial charge in [-0.25, -0.2) is 4.99 Å². The Kier molecular flexibility index (Phi) is 5.48. The van der Waals surface area contributed by atoms with E-state index in [1.54, 1.807) is 7.11 Å². The van der Waals surface area contributed by atoms with Gasteiger partial charge in [-0.1, -0.05) is 6.07 Å². The molecule has 5 nitrogen and oxygen atoms in total. The molecule has 0 bridgehead atoms. The Morgan fingerprint density at radius 3 is 2.63 bits per heavy atom. The summed E-state index contributed by atoms with van der Waals surface area (Å²) in [5.74, 6) is 1.97. The molecule has 0 atom stereocenters. The lowest BCUT2D eigenvalue weighted by Crippen LogP contribution is -2.45. The van der Waals surface area contributed by atoms with Gasteiger partial charge in [0.05, 0.1) is 13.7 Å². The fourth-order valence-electron chi connectivity index (χ4n) is 1.44. The maximum atomic E-state index is 5.75. The van der Waals surface area contributed by atoms with E-state index < -0.39 is 0 Å². The van der Waals surface area contributed by atoms with Crippen LogP contribution in [-0.2, 0) is 0 Å². The van der Waals surface area contributed by atoms with Gasteiger partial charge in [0.25, 0.3) is 0 Å². The first-order valence-corrected chi connectivity index (χ1v) is 6.26. The molecule has 0 amide bonds. The zero-order valence-electron chi connectivity index (χ0n) is 12.1. The molecule has 5 heteroatoms. The Morgan fingerprint density at radius 2 is 2.00 bits per heavy atom. The lowest BCUT2D eigenvalue weighted by atomic mass is 10.1. The van der Waals surface area contributed by atoms with Crippen LogP contribution in [-0.4, -0.2) is 31.8 Å². The Balaban J connectivity index is 2.36. The number of methoxy groups -OCH3 is 1. The minimum atomic E-state index is -0.0821. The van der Waals surface area contributed by atoms with Gasteiger partial charge >= 0.3 is 0 Å². The second-order valence-corrected chi connectivity index (χ2v) is 5.17. The summed E-state index contributed by atoms with van der Waals surface area (Å²) < 4.78 is 10.7. The number of ether oxygens (including phenoxy) is 2. The van der Waals surface area contributed by atoms with Gasteiger partial charge in [0.2, 0.25) is 0 Å². The average Bonchev–Trinajstić information content (AvgIpc) is 2.33. The summed E-state index contributed by atoms with van der Waals surface area (Å²) in [5, 5.41) is 3.09. The van der Waals surface area contributed by atoms with Crippen molar-refractivity contribution in [1.82, 2.24) is 5.32 Å². The molecular weight excluding hydrogens is 242 g/mol. The highest BCUT2D eigenvalue weighted by molar-refractivity contribution is 5.78. The molecule has 0 aliphatic rings. The van der Waals surface area contributed by atoms with Crippen molar-refractivity contribution in [2.24, 2.45) is 10.7 Å². The molecule has 0 fully saturated rings. The number of nitrogens with two attached hydrogens (primary N) is 1. The lowest BCUT2D eigenvalue weighted by Gasteiger charge is -2.20. The molecule has 0 aliphatic heterocycles. The average molecular weight is 265 g/mol. The molecular formula is C14H23N3O2. The predicted octanol–water partition coefficient (Wildman–Crippen LogP) is 1.78. The van der Waals surface area contributed by atoms with Gasteiger partial charge < -0.3 is 20.5 Å². The molecule has 0 radical (unpaired) electrons. The highest BCUT2D eigenvalue weighted by atomic mass is 16.5. The summed E-state index contributed by atoms with van der Waals surface area (Å²) in [6.45, 7) is 7.07. The summed E-state index contributed by atoms with van der Waals surface area (Å²) in [5.41, 5.74) is 5.67. The summed E-state index contributed by atoms with van der Waals surface area (Å²) in [6, 6.07) is 7.46. The largest absolute Gasteiger partial charge is 0.497 e. The second kappa shape index (κ2) is 6.87. The fraction of sp³-hybridized carbons (Fsp3) is 0.500. The summed E-state index contributed by atoms with van der Waals surface area (Å²) >= 11 is 0. The maximum Gasteiger partial charge on any atom is 0.189 e. The van der Waals surface area contributed by atoms with Gasteiger partial charge in [-0.3, -0.25) is 0 Å². The molecule has 0 aromatic heterocycles. The van der Waals surface area contributed by atoms with Crippen LogP contribution >= 0.6 is 0 Å². The highest BCUT2D eigenvalue weighted by Gasteiger charge is 2.09. The van der Waals surface area contributed by atoms with E-state index in [9.17, 15) is 0 Å².